The summed E-state index contributed by atoms with van der Waals surface area (Å²) in [7, 11) is 1.53. The Hall–Kier alpha value is -2.49. The van der Waals surface area contributed by atoms with Gasteiger partial charge in [-0.25, -0.2) is 0 Å². The molecular formula is C17H20N2O2. The monoisotopic (exact) mass is 284 g/mol. The van der Waals surface area contributed by atoms with Crippen LogP contribution in [0.1, 0.15) is 21.5 Å². The fourth-order valence-corrected chi connectivity index (χ4v) is 2.18. The van der Waals surface area contributed by atoms with Crippen LogP contribution in [0.25, 0.3) is 0 Å². The lowest BCUT2D eigenvalue weighted by molar-refractivity contribution is 0.0951. The summed E-state index contributed by atoms with van der Waals surface area (Å²) in [6, 6.07) is 13.3. The third kappa shape index (κ3) is 3.99. The summed E-state index contributed by atoms with van der Waals surface area (Å²) in [4.78, 5) is 12.2. The minimum Gasteiger partial charge on any atom is -0.496 e. The van der Waals surface area contributed by atoms with Gasteiger partial charge in [0.1, 0.15) is 5.75 Å². The van der Waals surface area contributed by atoms with Crippen molar-refractivity contribution in [3.8, 4) is 5.75 Å². The fourth-order valence-electron chi connectivity index (χ4n) is 2.18. The molecule has 1 amide bonds. The first-order chi connectivity index (χ1) is 10.1. The van der Waals surface area contributed by atoms with Crippen LogP contribution in [0.4, 0.5) is 5.69 Å². The standard InChI is InChI=1S/C17H20N2O2/c1-12-4-3-5-13(10-12)8-9-19-17(20)15-7-6-14(18)11-16(15)21-2/h3-7,10-11H,8-9,18H2,1-2H3,(H,19,20). The first-order valence-electron chi connectivity index (χ1n) is 6.87. The minimum atomic E-state index is -0.153. The van der Waals surface area contributed by atoms with Gasteiger partial charge in [-0.05, 0) is 31.0 Å². The summed E-state index contributed by atoms with van der Waals surface area (Å²) in [6.07, 6.45) is 0.796. The van der Waals surface area contributed by atoms with E-state index in [1.165, 1.54) is 18.2 Å². The average molecular weight is 284 g/mol. The zero-order valence-electron chi connectivity index (χ0n) is 12.3. The summed E-state index contributed by atoms with van der Waals surface area (Å²) in [5, 5.41) is 2.90. The molecule has 4 nitrogen and oxygen atoms in total. The van der Waals surface area contributed by atoms with E-state index in [1.54, 1.807) is 18.2 Å². The van der Waals surface area contributed by atoms with E-state index in [-0.39, 0.29) is 5.91 Å². The van der Waals surface area contributed by atoms with Gasteiger partial charge in [0.05, 0.1) is 12.7 Å². The maximum absolute atomic E-state index is 12.2. The molecule has 2 aromatic carbocycles. The van der Waals surface area contributed by atoms with E-state index < -0.39 is 0 Å². The Kier molecular flexibility index (Phi) is 4.82. The molecule has 0 aliphatic carbocycles. The molecule has 0 unspecified atom stereocenters. The Morgan fingerprint density at radius 3 is 2.76 bits per heavy atom. The van der Waals surface area contributed by atoms with Crippen LogP contribution in [0.2, 0.25) is 0 Å². The average Bonchev–Trinajstić information content (AvgIpc) is 2.47. The van der Waals surface area contributed by atoms with Crippen molar-refractivity contribution in [3.05, 3.63) is 59.2 Å². The Labute approximate surface area is 124 Å². The van der Waals surface area contributed by atoms with Crippen molar-refractivity contribution in [2.24, 2.45) is 0 Å². The molecule has 0 saturated carbocycles. The van der Waals surface area contributed by atoms with Crippen LogP contribution in [0, 0.1) is 6.92 Å². The van der Waals surface area contributed by atoms with Gasteiger partial charge in [-0.1, -0.05) is 29.8 Å². The van der Waals surface area contributed by atoms with Gasteiger partial charge in [-0.3, -0.25) is 4.79 Å². The molecule has 21 heavy (non-hydrogen) atoms. The molecule has 2 rings (SSSR count). The number of carbonyl (C=O) groups is 1. The van der Waals surface area contributed by atoms with Crippen molar-refractivity contribution in [3.63, 3.8) is 0 Å². The summed E-state index contributed by atoms with van der Waals surface area (Å²) in [5.41, 5.74) is 9.18. The quantitative estimate of drug-likeness (QED) is 0.829. The van der Waals surface area contributed by atoms with Gasteiger partial charge in [0.15, 0.2) is 0 Å². The lowest BCUT2D eigenvalue weighted by Crippen LogP contribution is -2.26. The number of anilines is 1. The molecule has 0 aliphatic heterocycles. The highest BCUT2D eigenvalue weighted by Crippen LogP contribution is 2.21. The van der Waals surface area contributed by atoms with Crippen molar-refractivity contribution >= 4 is 11.6 Å². The van der Waals surface area contributed by atoms with E-state index in [4.69, 9.17) is 10.5 Å². The largest absolute Gasteiger partial charge is 0.496 e. The van der Waals surface area contributed by atoms with E-state index in [0.717, 1.165) is 6.42 Å². The topological polar surface area (TPSA) is 64.3 Å². The van der Waals surface area contributed by atoms with Gasteiger partial charge in [0.2, 0.25) is 0 Å². The van der Waals surface area contributed by atoms with Crippen LogP contribution >= 0.6 is 0 Å². The number of rotatable bonds is 5. The molecule has 0 aromatic heterocycles. The van der Waals surface area contributed by atoms with Crippen molar-refractivity contribution in [1.82, 2.24) is 5.32 Å². The molecular weight excluding hydrogens is 264 g/mol. The zero-order chi connectivity index (χ0) is 15.2. The Morgan fingerprint density at radius 1 is 1.24 bits per heavy atom. The van der Waals surface area contributed by atoms with Gasteiger partial charge in [-0.2, -0.15) is 0 Å². The zero-order valence-corrected chi connectivity index (χ0v) is 12.3. The number of aryl methyl sites for hydroxylation is 1. The van der Waals surface area contributed by atoms with Crippen molar-refractivity contribution in [2.45, 2.75) is 13.3 Å². The molecule has 0 saturated heterocycles. The normalized spacial score (nSPS) is 10.2. The SMILES string of the molecule is COc1cc(N)ccc1C(=O)NCCc1cccc(C)c1. The Balaban J connectivity index is 1.96. The number of methoxy groups -OCH3 is 1. The van der Waals surface area contributed by atoms with E-state index in [9.17, 15) is 4.79 Å². The van der Waals surface area contributed by atoms with Crippen LogP contribution in [-0.4, -0.2) is 19.6 Å². The summed E-state index contributed by atoms with van der Waals surface area (Å²) in [5.74, 6) is 0.336. The predicted octanol–water partition coefficient (Wildman–Crippen LogP) is 2.56. The number of hydrogen-bond donors (Lipinski definition) is 2. The maximum atomic E-state index is 12.2. The smallest absolute Gasteiger partial charge is 0.255 e. The second-order valence-electron chi connectivity index (χ2n) is 4.95. The van der Waals surface area contributed by atoms with Crippen LogP contribution in [0.15, 0.2) is 42.5 Å². The number of hydrogen-bond acceptors (Lipinski definition) is 3. The van der Waals surface area contributed by atoms with Gasteiger partial charge in [0, 0.05) is 18.3 Å². The maximum Gasteiger partial charge on any atom is 0.255 e. The first-order valence-corrected chi connectivity index (χ1v) is 6.87. The number of benzene rings is 2. The number of carbonyl (C=O) groups excluding carboxylic acids is 1. The second kappa shape index (κ2) is 6.79. The second-order valence-corrected chi connectivity index (χ2v) is 4.95. The molecule has 0 spiro atoms. The highest BCUT2D eigenvalue weighted by Gasteiger charge is 2.11. The molecule has 0 atom stereocenters. The number of ether oxygens (including phenoxy) is 1. The van der Waals surface area contributed by atoms with E-state index in [0.29, 0.717) is 23.5 Å². The molecule has 0 fully saturated rings. The van der Waals surface area contributed by atoms with Gasteiger partial charge < -0.3 is 15.8 Å². The third-order valence-electron chi connectivity index (χ3n) is 3.25. The number of nitrogen functional groups attached to an aromatic ring is 1. The number of nitrogens with one attached hydrogen (secondary N) is 1. The molecule has 0 aliphatic rings. The summed E-state index contributed by atoms with van der Waals surface area (Å²) in [6.45, 7) is 2.64. The molecule has 0 heterocycles. The van der Waals surface area contributed by atoms with Crippen molar-refractivity contribution in [1.29, 1.82) is 0 Å². The molecule has 2 aromatic rings. The first kappa shape index (κ1) is 14.9. The summed E-state index contributed by atoms with van der Waals surface area (Å²) < 4.78 is 5.19. The molecule has 110 valence electrons. The van der Waals surface area contributed by atoms with Crippen LogP contribution in [0.3, 0.4) is 0 Å². The predicted molar refractivity (Wildman–Crippen MR) is 84.6 cm³/mol. The van der Waals surface area contributed by atoms with E-state index in [1.807, 2.05) is 6.07 Å². The van der Waals surface area contributed by atoms with Crippen LogP contribution in [0.5, 0.6) is 5.75 Å². The number of amides is 1. The lowest BCUT2D eigenvalue weighted by atomic mass is 10.1. The minimum absolute atomic E-state index is 0.153. The Bertz CT molecular complexity index is 638. The highest BCUT2D eigenvalue weighted by molar-refractivity contribution is 5.97. The fraction of sp³-hybridized carbons (Fsp3) is 0.235. The van der Waals surface area contributed by atoms with Gasteiger partial charge in [-0.15, -0.1) is 0 Å². The van der Waals surface area contributed by atoms with Crippen LogP contribution < -0.4 is 15.8 Å². The number of nitrogens with two attached hydrogens (primary N) is 1. The molecule has 0 bridgehead atoms. The molecule has 0 radical (unpaired) electrons. The summed E-state index contributed by atoms with van der Waals surface area (Å²) >= 11 is 0. The van der Waals surface area contributed by atoms with Crippen LogP contribution in [-0.2, 0) is 6.42 Å². The van der Waals surface area contributed by atoms with Crippen molar-refractivity contribution < 1.29 is 9.53 Å². The third-order valence-corrected chi connectivity index (χ3v) is 3.25. The highest BCUT2D eigenvalue weighted by atomic mass is 16.5. The van der Waals surface area contributed by atoms with Gasteiger partial charge >= 0.3 is 0 Å². The van der Waals surface area contributed by atoms with E-state index >= 15 is 0 Å². The van der Waals surface area contributed by atoms with Gasteiger partial charge in [0.25, 0.3) is 5.91 Å². The Morgan fingerprint density at radius 2 is 2.05 bits per heavy atom. The lowest BCUT2D eigenvalue weighted by Gasteiger charge is -2.10. The van der Waals surface area contributed by atoms with Crippen molar-refractivity contribution in [2.75, 3.05) is 19.4 Å². The molecule has 3 N–H and O–H groups in total. The molecule has 4 heteroatoms. The van der Waals surface area contributed by atoms with E-state index in [2.05, 4.69) is 30.4 Å².